The van der Waals surface area contributed by atoms with Gasteiger partial charge in [-0.3, -0.25) is 4.79 Å². The second-order valence-electron chi connectivity index (χ2n) is 4.83. The normalized spacial score (nSPS) is 10.5. The van der Waals surface area contributed by atoms with Crippen LogP contribution in [-0.4, -0.2) is 20.6 Å². The number of carbonyl (C=O) groups is 1. The average Bonchev–Trinajstić information content (AvgIpc) is 2.53. The second-order valence-corrected chi connectivity index (χ2v) is 7.22. The molecule has 2 rings (SSSR count). The highest BCUT2D eigenvalue weighted by Gasteiger charge is 2.20. The van der Waals surface area contributed by atoms with Gasteiger partial charge in [0.1, 0.15) is 0 Å². The highest BCUT2D eigenvalue weighted by Crippen LogP contribution is 2.28. The number of rotatable bonds is 3. The number of halogens is 1. The molecule has 0 bridgehead atoms. The first-order valence-corrected chi connectivity index (χ1v) is 8.76. The second kappa shape index (κ2) is 6.71. The maximum Gasteiger partial charge on any atom is 0.257 e. The molecule has 120 valence electrons. The quantitative estimate of drug-likeness (QED) is 0.850. The van der Waals surface area contributed by atoms with E-state index in [1.54, 1.807) is 0 Å². The lowest BCUT2D eigenvalue weighted by molar-refractivity contribution is 0.102. The number of carbonyl (C=O) groups excluding carboxylic acids is 1. The number of benzene rings is 2. The van der Waals surface area contributed by atoms with Crippen molar-refractivity contribution in [2.24, 2.45) is 0 Å². The van der Waals surface area contributed by atoms with Crippen molar-refractivity contribution in [1.29, 1.82) is 5.26 Å². The zero-order valence-corrected chi connectivity index (χ0v) is 13.9. The summed E-state index contributed by atoms with van der Waals surface area (Å²) in [5.74, 6) is -0.695. The van der Waals surface area contributed by atoms with Crippen molar-refractivity contribution in [1.82, 2.24) is 0 Å². The Labute approximate surface area is 144 Å². The predicted octanol–water partition coefficient (Wildman–Crippen LogP) is 3.42. The summed E-state index contributed by atoms with van der Waals surface area (Å²) in [5, 5.41) is 11.6. The van der Waals surface area contributed by atoms with Crippen molar-refractivity contribution in [3.63, 3.8) is 0 Å². The Morgan fingerprint density at radius 3 is 2.54 bits per heavy atom. The van der Waals surface area contributed by atoms with E-state index in [1.165, 1.54) is 36.4 Å². The zero-order chi connectivity index (χ0) is 17.9. The van der Waals surface area contributed by atoms with Crippen LogP contribution in [0.1, 0.15) is 15.9 Å². The van der Waals surface area contributed by atoms with Crippen LogP contribution in [0.15, 0.2) is 41.3 Å². The minimum atomic E-state index is -3.65. The number of sulfone groups is 1. The molecule has 2 aromatic rings. The monoisotopic (exact) mass is 359 g/mol. The molecule has 0 heterocycles. The summed E-state index contributed by atoms with van der Waals surface area (Å²) in [6.07, 6.45) is 0.979. The number of hydrogen-bond donors (Lipinski definition) is 1. The fourth-order valence-corrected chi connectivity index (χ4v) is 3.06. The van der Waals surface area contributed by atoms with E-state index in [2.05, 4.69) is 10.2 Å². The van der Waals surface area contributed by atoms with Crippen molar-refractivity contribution in [2.45, 2.75) is 4.90 Å². The molecule has 0 aliphatic heterocycles. The van der Waals surface area contributed by atoms with Gasteiger partial charge in [0.05, 0.1) is 28.7 Å². The van der Waals surface area contributed by atoms with Gasteiger partial charge in [-0.25, -0.2) is 13.3 Å². The Morgan fingerprint density at radius 2 is 2.00 bits per heavy atom. The molecule has 0 radical (unpaired) electrons. The van der Waals surface area contributed by atoms with E-state index in [1.807, 2.05) is 6.07 Å². The van der Waals surface area contributed by atoms with E-state index in [9.17, 15) is 13.2 Å². The van der Waals surface area contributed by atoms with Crippen LogP contribution >= 0.6 is 11.6 Å². The van der Waals surface area contributed by atoms with Gasteiger partial charge in [0, 0.05) is 17.0 Å². The predicted molar refractivity (Wildman–Crippen MR) is 89.9 cm³/mol. The first kappa shape index (κ1) is 17.5. The molecule has 0 atom stereocenters. The summed E-state index contributed by atoms with van der Waals surface area (Å²) in [7, 11) is -3.65. The van der Waals surface area contributed by atoms with Gasteiger partial charge in [-0.05, 0) is 30.3 Å². The number of nitrogens with one attached hydrogen (secondary N) is 1. The Balaban J connectivity index is 2.45. The number of hydrogen-bond acceptors (Lipinski definition) is 4. The molecule has 0 aliphatic rings. The van der Waals surface area contributed by atoms with Crippen LogP contribution in [0.4, 0.5) is 11.4 Å². The topological polar surface area (TPSA) is 91.4 Å². The first-order valence-electron chi connectivity index (χ1n) is 6.49. The van der Waals surface area contributed by atoms with Gasteiger partial charge in [0.2, 0.25) is 5.69 Å². The highest BCUT2D eigenvalue weighted by molar-refractivity contribution is 7.90. The molecule has 1 amide bonds. The summed E-state index contributed by atoms with van der Waals surface area (Å²) >= 11 is 5.91. The molecule has 2 aromatic carbocycles. The van der Waals surface area contributed by atoms with Crippen LogP contribution in [0.3, 0.4) is 0 Å². The summed E-state index contributed by atoms with van der Waals surface area (Å²) in [6.45, 7) is 6.93. The molecule has 0 fully saturated rings. The third-order valence-corrected chi connectivity index (χ3v) is 4.54. The third-order valence-electron chi connectivity index (χ3n) is 3.08. The number of anilines is 1. The van der Waals surface area contributed by atoms with Crippen molar-refractivity contribution >= 4 is 38.7 Å². The number of nitriles is 1. The van der Waals surface area contributed by atoms with E-state index >= 15 is 0 Å². The van der Waals surface area contributed by atoms with Gasteiger partial charge in [-0.15, -0.1) is 0 Å². The number of amides is 1. The largest absolute Gasteiger partial charge is 0.322 e. The number of nitrogens with zero attached hydrogens (tertiary/aromatic N) is 2. The lowest BCUT2D eigenvalue weighted by Crippen LogP contribution is -2.16. The smallest absolute Gasteiger partial charge is 0.257 e. The molecule has 0 aromatic heterocycles. The Morgan fingerprint density at radius 1 is 1.29 bits per heavy atom. The van der Waals surface area contributed by atoms with Gasteiger partial charge in [0.25, 0.3) is 5.91 Å². The van der Waals surface area contributed by atoms with E-state index in [4.69, 9.17) is 23.4 Å². The average molecular weight is 360 g/mol. The summed E-state index contributed by atoms with van der Waals surface area (Å²) in [4.78, 5) is 15.5. The fraction of sp³-hybridized carbons (Fsp3) is 0.0625. The van der Waals surface area contributed by atoms with Crippen molar-refractivity contribution in [2.75, 3.05) is 11.6 Å². The van der Waals surface area contributed by atoms with Gasteiger partial charge < -0.3 is 5.32 Å². The van der Waals surface area contributed by atoms with Crippen molar-refractivity contribution in [3.8, 4) is 6.07 Å². The highest BCUT2D eigenvalue weighted by atomic mass is 35.5. The van der Waals surface area contributed by atoms with Crippen LogP contribution in [-0.2, 0) is 9.84 Å². The fourth-order valence-electron chi connectivity index (χ4n) is 1.97. The van der Waals surface area contributed by atoms with Gasteiger partial charge in [-0.2, -0.15) is 5.26 Å². The summed E-state index contributed by atoms with van der Waals surface area (Å²) in [5.41, 5.74) is 0.563. The minimum Gasteiger partial charge on any atom is -0.322 e. The lowest BCUT2D eigenvalue weighted by Gasteiger charge is -2.10. The molecule has 0 spiro atoms. The van der Waals surface area contributed by atoms with Crippen LogP contribution in [0, 0.1) is 17.9 Å². The third kappa shape index (κ3) is 3.72. The molecule has 8 heteroatoms. The van der Waals surface area contributed by atoms with Crippen molar-refractivity contribution < 1.29 is 13.2 Å². The summed E-state index contributed by atoms with van der Waals surface area (Å²) in [6, 6.07) is 9.92. The SMILES string of the molecule is [C-]#[N+]c1ccc(NC(=O)c2cc(C#N)ccc2S(C)(=O)=O)cc1Cl. The van der Waals surface area contributed by atoms with Crippen LogP contribution in [0.5, 0.6) is 0 Å². The molecular formula is C16H10ClN3O3S. The van der Waals surface area contributed by atoms with Gasteiger partial charge in [0.15, 0.2) is 9.84 Å². The zero-order valence-electron chi connectivity index (χ0n) is 12.4. The molecule has 6 nitrogen and oxygen atoms in total. The van der Waals surface area contributed by atoms with E-state index in [0.717, 1.165) is 6.26 Å². The molecule has 0 aliphatic carbocycles. The first-order chi connectivity index (χ1) is 11.3. The molecule has 0 unspecified atom stereocenters. The molecule has 1 N–H and O–H groups in total. The standard InChI is InChI=1S/C16H10ClN3O3S/c1-19-14-5-4-11(8-13(14)17)20-16(21)12-7-10(9-18)3-6-15(12)24(2,22)23/h3-8H,2H3,(H,20,21). The minimum absolute atomic E-state index is 0.137. The molecular weight excluding hydrogens is 350 g/mol. The van der Waals surface area contributed by atoms with E-state index < -0.39 is 15.7 Å². The van der Waals surface area contributed by atoms with Gasteiger partial charge >= 0.3 is 0 Å². The lowest BCUT2D eigenvalue weighted by atomic mass is 10.1. The molecule has 24 heavy (non-hydrogen) atoms. The van der Waals surface area contributed by atoms with Crippen LogP contribution in [0.2, 0.25) is 5.02 Å². The van der Waals surface area contributed by atoms with Crippen molar-refractivity contribution in [3.05, 3.63) is 64.0 Å². The van der Waals surface area contributed by atoms with E-state index in [0.29, 0.717) is 5.69 Å². The Kier molecular flexibility index (Phi) is 4.89. The van der Waals surface area contributed by atoms with Gasteiger partial charge in [-0.1, -0.05) is 17.7 Å². The Bertz CT molecular complexity index is 1020. The maximum atomic E-state index is 12.4. The maximum absolute atomic E-state index is 12.4. The van der Waals surface area contributed by atoms with Crippen LogP contribution in [0.25, 0.3) is 4.85 Å². The van der Waals surface area contributed by atoms with E-state index in [-0.39, 0.29) is 26.7 Å². The molecule has 0 saturated carbocycles. The Hall–Kier alpha value is -2.87. The van der Waals surface area contributed by atoms with Crippen LogP contribution < -0.4 is 5.32 Å². The summed E-state index contributed by atoms with van der Waals surface area (Å²) < 4.78 is 23.7. The molecule has 0 saturated heterocycles.